The van der Waals surface area contributed by atoms with Gasteiger partial charge in [0.25, 0.3) is 16.5 Å². The van der Waals surface area contributed by atoms with E-state index in [1.807, 2.05) is 7.05 Å². The fourth-order valence-electron chi connectivity index (χ4n) is 3.92. The van der Waals surface area contributed by atoms with Crippen LogP contribution in [0.3, 0.4) is 0 Å². The van der Waals surface area contributed by atoms with Crippen molar-refractivity contribution in [1.82, 2.24) is 10.3 Å². The molecule has 31 heavy (non-hydrogen) atoms. The van der Waals surface area contributed by atoms with Gasteiger partial charge < -0.3 is 15.7 Å². The molecule has 0 unspecified atom stereocenters. The molecule has 0 radical (unpaired) electrons. The van der Waals surface area contributed by atoms with E-state index in [0.717, 1.165) is 54.7 Å². The first-order chi connectivity index (χ1) is 14.9. The van der Waals surface area contributed by atoms with Gasteiger partial charge in [-0.1, -0.05) is 12.8 Å². The molecule has 170 valence electrons. The fraction of sp³-hybridized carbons (Fsp3) is 0.500. The Bertz CT molecular complexity index is 981. The zero-order valence-corrected chi connectivity index (χ0v) is 18.8. The van der Waals surface area contributed by atoms with Crippen LogP contribution in [0.5, 0.6) is 0 Å². The van der Waals surface area contributed by atoms with Crippen LogP contribution in [-0.4, -0.2) is 44.1 Å². The highest BCUT2D eigenvalue weighted by atomic mass is 32.2. The van der Waals surface area contributed by atoms with Gasteiger partial charge in [-0.05, 0) is 56.3 Å². The number of benzene rings is 1. The lowest BCUT2D eigenvalue weighted by Gasteiger charge is -2.33. The number of nitrogens with zero attached hydrogens (tertiary/aromatic N) is 1. The van der Waals surface area contributed by atoms with Crippen LogP contribution in [0.1, 0.15) is 50.0 Å². The average molecular weight is 471 g/mol. The molecule has 2 aliphatic carbocycles. The summed E-state index contributed by atoms with van der Waals surface area (Å²) in [5.74, 6) is -0.457. The van der Waals surface area contributed by atoms with Gasteiger partial charge in [0, 0.05) is 29.3 Å². The van der Waals surface area contributed by atoms with Crippen LogP contribution in [0.2, 0.25) is 0 Å². The van der Waals surface area contributed by atoms with Crippen molar-refractivity contribution in [2.45, 2.75) is 61.4 Å². The number of carboxylic acid groups (broad SMARTS) is 1. The Morgan fingerprint density at radius 1 is 1.19 bits per heavy atom. The highest BCUT2D eigenvalue weighted by Crippen LogP contribution is 2.45. The summed E-state index contributed by atoms with van der Waals surface area (Å²) in [5.41, 5.74) is 1.61. The Balaban J connectivity index is 0.000000858. The average Bonchev–Trinajstić information content (AvgIpc) is 3.45. The van der Waals surface area contributed by atoms with Gasteiger partial charge in [0.2, 0.25) is 0 Å². The minimum Gasteiger partial charge on any atom is -0.483 e. The number of rotatable bonds is 7. The van der Waals surface area contributed by atoms with Gasteiger partial charge in [-0.25, -0.2) is 17.8 Å². The lowest BCUT2D eigenvalue weighted by Crippen LogP contribution is -2.44. The van der Waals surface area contributed by atoms with Crippen LogP contribution < -0.4 is 15.4 Å². The molecule has 11 heteroatoms. The van der Waals surface area contributed by atoms with Gasteiger partial charge in [-0.3, -0.25) is 9.52 Å². The quantitative estimate of drug-likeness (QED) is 0.456. The molecule has 2 fully saturated rings. The normalized spacial score (nSPS) is 21.0. The van der Waals surface area contributed by atoms with E-state index in [4.69, 9.17) is 9.90 Å². The maximum absolute atomic E-state index is 14.9. The third-order valence-electron chi connectivity index (χ3n) is 5.54. The zero-order valence-electron chi connectivity index (χ0n) is 17.2. The Hall–Kier alpha value is -2.24. The van der Waals surface area contributed by atoms with Gasteiger partial charge in [-0.2, -0.15) is 0 Å². The van der Waals surface area contributed by atoms with E-state index in [1.165, 1.54) is 24.8 Å². The van der Waals surface area contributed by atoms with Crippen molar-refractivity contribution in [3.8, 4) is 0 Å². The summed E-state index contributed by atoms with van der Waals surface area (Å²) in [6, 6.07) is 3.40. The molecule has 1 aromatic heterocycles. The van der Waals surface area contributed by atoms with Crippen LogP contribution in [0.25, 0.3) is 0 Å². The van der Waals surface area contributed by atoms with Gasteiger partial charge >= 0.3 is 0 Å². The molecule has 2 aromatic rings. The summed E-state index contributed by atoms with van der Waals surface area (Å²) in [5, 5.41) is 15.6. The van der Waals surface area contributed by atoms with Crippen molar-refractivity contribution in [2.75, 3.05) is 17.1 Å². The third kappa shape index (κ3) is 5.92. The van der Waals surface area contributed by atoms with E-state index < -0.39 is 15.8 Å². The summed E-state index contributed by atoms with van der Waals surface area (Å²) in [6.45, 7) is -0.250. The maximum atomic E-state index is 14.9. The van der Waals surface area contributed by atoms with Crippen molar-refractivity contribution in [1.29, 1.82) is 0 Å². The van der Waals surface area contributed by atoms with Crippen molar-refractivity contribution in [3.05, 3.63) is 35.1 Å². The summed E-state index contributed by atoms with van der Waals surface area (Å²) in [7, 11) is -2.07. The van der Waals surface area contributed by atoms with Crippen LogP contribution in [0, 0.1) is 5.82 Å². The number of likely N-dealkylation sites (N-methyl/N-ethyl adjacent to an activating group) is 1. The van der Waals surface area contributed by atoms with Gasteiger partial charge in [0.05, 0.1) is 0 Å². The molecule has 2 atom stereocenters. The second-order valence-corrected chi connectivity index (χ2v) is 10.2. The van der Waals surface area contributed by atoms with Crippen LogP contribution in [0.4, 0.5) is 15.2 Å². The summed E-state index contributed by atoms with van der Waals surface area (Å²) in [6.07, 6.45) is 7.93. The van der Waals surface area contributed by atoms with Crippen molar-refractivity contribution in [3.63, 3.8) is 0 Å². The Morgan fingerprint density at radius 2 is 1.87 bits per heavy atom. The van der Waals surface area contributed by atoms with Crippen molar-refractivity contribution < 1.29 is 22.7 Å². The first kappa shape index (κ1) is 23.4. The molecule has 8 nitrogen and oxygen atoms in total. The SMILES string of the molecule is CN[C@H]1CCCC[C@@H]1Nc1cc(F)c(S(=O)(=O)Nc2nccs2)cc1C1CC1.O=CO. The van der Waals surface area contributed by atoms with Crippen LogP contribution in [0.15, 0.2) is 28.6 Å². The molecule has 0 aliphatic heterocycles. The summed E-state index contributed by atoms with van der Waals surface area (Å²) in [4.78, 5) is 12.0. The number of anilines is 2. The predicted octanol–water partition coefficient (Wildman–Crippen LogP) is 3.60. The van der Waals surface area contributed by atoms with Crippen molar-refractivity contribution >= 4 is 38.7 Å². The molecular formula is C20H27FN4O4S2. The van der Waals surface area contributed by atoms with Crippen LogP contribution >= 0.6 is 11.3 Å². The highest BCUT2D eigenvalue weighted by molar-refractivity contribution is 7.93. The van der Waals surface area contributed by atoms with Crippen molar-refractivity contribution in [2.24, 2.45) is 0 Å². The van der Waals surface area contributed by atoms with E-state index >= 15 is 0 Å². The first-order valence-electron chi connectivity index (χ1n) is 10.2. The number of halogens is 1. The molecule has 2 saturated carbocycles. The Kier molecular flexibility index (Phi) is 7.84. The molecule has 1 heterocycles. The number of nitrogens with one attached hydrogen (secondary N) is 3. The Morgan fingerprint density at radius 3 is 2.45 bits per heavy atom. The second-order valence-electron chi connectivity index (χ2n) is 7.62. The Labute approximate surface area is 185 Å². The zero-order chi connectivity index (χ0) is 22.4. The van der Waals surface area contributed by atoms with Gasteiger partial charge in [0.15, 0.2) is 5.13 Å². The molecule has 4 N–H and O–H groups in total. The number of hydrogen-bond donors (Lipinski definition) is 4. The monoisotopic (exact) mass is 470 g/mol. The maximum Gasteiger partial charge on any atom is 0.290 e. The predicted molar refractivity (Wildman–Crippen MR) is 119 cm³/mol. The van der Waals surface area contributed by atoms with E-state index in [2.05, 4.69) is 20.3 Å². The summed E-state index contributed by atoms with van der Waals surface area (Å²) >= 11 is 1.16. The smallest absolute Gasteiger partial charge is 0.290 e. The number of thiazole rings is 1. The standard InChI is InChI=1S/C19H25FN4O2S2.CH2O2/c1-21-15-4-2-3-5-16(15)23-17-11-14(20)18(10-13(17)12-6-7-12)28(25,26)24-19-22-8-9-27-19;2-1-3/h8-12,15-16,21,23H,2-7H2,1H3,(H,22,24);1H,(H,2,3)/t15-,16-;/m0./s1. The number of sulfonamides is 1. The molecule has 2 aliphatic rings. The fourth-order valence-corrected chi connectivity index (χ4v) is 5.81. The lowest BCUT2D eigenvalue weighted by atomic mass is 9.90. The topological polar surface area (TPSA) is 120 Å². The molecule has 4 rings (SSSR count). The summed E-state index contributed by atoms with van der Waals surface area (Å²) < 4.78 is 42.6. The third-order valence-corrected chi connectivity index (χ3v) is 7.71. The van der Waals surface area contributed by atoms with Gasteiger partial charge in [0.1, 0.15) is 10.7 Å². The first-order valence-corrected chi connectivity index (χ1v) is 12.5. The largest absolute Gasteiger partial charge is 0.483 e. The van der Waals surface area contributed by atoms with Gasteiger partial charge in [-0.15, -0.1) is 11.3 Å². The number of aromatic nitrogens is 1. The van der Waals surface area contributed by atoms with E-state index in [1.54, 1.807) is 5.38 Å². The second kappa shape index (κ2) is 10.4. The molecular weight excluding hydrogens is 443 g/mol. The lowest BCUT2D eigenvalue weighted by molar-refractivity contribution is -0.122. The molecule has 0 spiro atoms. The number of hydrogen-bond acceptors (Lipinski definition) is 7. The van der Waals surface area contributed by atoms with Crippen LogP contribution in [-0.2, 0) is 14.8 Å². The molecule has 0 saturated heterocycles. The minimum atomic E-state index is -4.02. The molecule has 0 bridgehead atoms. The van der Waals surface area contributed by atoms with E-state index in [0.29, 0.717) is 6.04 Å². The number of carbonyl (C=O) groups is 1. The van der Waals surface area contributed by atoms with E-state index in [9.17, 15) is 12.8 Å². The van der Waals surface area contributed by atoms with E-state index in [-0.39, 0.29) is 28.5 Å². The highest BCUT2D eigenvalue weighted by Gasteiger charge is 2.32. The minimum absolute atomic E-state index is 0.214. The molecule has 1 aromatic carbocycles. The molecule has 0 amide bonds.